The zero-order valence-electron chi connectivity index (χ0n) is 22.9. The molecule has 1 unspecified atom stereocenters. The molecule has 1 atom stereocenters. The summed E-state index contributed by atoms with van der Waals surface area (Å²) in [6.07, 6.45) is -3.75. The van der Waals surface area contributed by atoms with Crippen LogP contribution in [0.5, 0.6) is 5.88 Å². The van der Waals surface area contributed by atoms with Gasteiger partial charge in [0, 0.05) is 6.54 Å². The van der Waals surface area contributed by atoms with E-state index in [1.807, 2.05) is 0 Å². The smallest absolute Gasteiger partial charge is 0.408 e. The Kier molecular flexibility index (Phi) is 5.25. The molecule has 1 aromatic carbocycles. The largest absolute Gasteiger partial charge is 0.479 e. The minimum atomic E-state index is -4.61. The highest BCUT2D eigenvalue weighted by Crippen LogP contribution is 2.37. The number of aromatic nitrogens is 6. The van der Waals surface area contributed by atoms with Gasteiger partial charge < -0.3 is 14.8 Å². The molecule has 0 spiro atoms. The van der Waals surface area contributed by atoms with E-state index in [-0.39, 0.29) is 40.1 Å². The van der Waals surface area contributed by atoms with Crippen LogP contribution in [-0.4, -0.2) is 92.0 Å². The second-order valence-electron chi connectivity index (χ2n) is 9.46. The number of rotatable bonds is 6. The van der Waals surface area contributed by atoms with Crippen LogP contribution in [0.1, 0.15) is 10.5 Å². The number of hydrogen-bond acceptors (Lipinski definition) is 8. The summed E-state index contributed by atoms with van der Waals surface area (Å²) in [6.45, 7) is -0.898. The van der Waals surface area contributed by atoms with Crippen molar-refractivity contribution in [1.29, 1.82) is 0 Å². The van der Waals surface area contributed by atoms with E-state index in [9.17, 15) is 13.2 Å². The highest BCUT2D eigenvalue weighted by Gasteiger charge is 2.47. The fourth-order valence-corrected chi connectivity index (χ4v) is 4.88. The van der Waals surface area contributed by atoms with Crippen molar-refractivity contribution in [3.63, 3.8) is 0 Å². The number of nitrogens with zero attached hydrogens (tertiary/aromatic N) is 7. The Morgan fingerprint density at radius 2 is 2.10 bits per heavy atom. The maximum atomic E-state index is 15.4. The van der Waals surface area contributed by atoms with E-state index < -0.39 is 55.9 Å². The molecule has 2 saturated heterocycles. The molecule has 0 aliphatic carbocycles. The molecule has 4 aromatic rings. The first-order valence-electron chi connectivity index (χ1n) is 13.3. The predicted molar refractivity (Wildman–Crippen MR) is 125 cm³/mol. The first-order valence-corrected chi connectivity index (χ1v) is 11.8. The Labute approximate surface area is 220 Å². The average molecular weight is 559 g/mol. The van der Waals surface area contributed by atoms with Gasteiger partial charge in [-0.25, -0.2) is 22.4 Å². The van der Waals surface area contributed by atoms with Gasteiger partial charge in [-0.05, 0) is 24.1 Å². The van der Waals surface area contributed by atoms with Crippen molar-refractivity contribution in [3.05, 3.63) is 30.2 Å². The number of hydrogen-bond donors (Lipinski definition) is 1. The number of methoxy groups -OCH3 is 1. The van der Waals surface area contributed by atoms with Gasteiger partial charge in [-0.2, -0.15) is 18.2 Å². The Balaban J connectivity index is 1.39. The lowest BCUT2D eigenvalue weighted by Gasteiger charge is -2.44. The highest BCUT2D eigenvalue weighted by molar-refractivity contribution is 5.89. The summed E-state index contributed by atoms with van der Waals surface area (Å²) in [6, 6.07) is 2.36. The summed E-state index contributed by atoms with van der Waals surface area (Å²) in [4.78, 5) is 5.64. The van der Waals surface area contributed by atoms with Gasteiger partial charge in [0.05, 0.1) is 60.3 Å². The lowest BCUT2D eigenvalue weighted by molar-refractivity contribution is -0.142. The minimum Gasteiger partial charge on any atom is -0.479 e. The van der Waals surface area contributed by atoms with E-state index in [1.54, 1.807) is 4.90 Å². The number of anilines is 1. The summed E-state index contributed by atoms with van der Waals surface area (Å²) in [7, 11) is -3.08. The zero-order valence-corrected chi connectivity index (χ0v) is 19.9. The van der Waals surface area contributed by atoms with Crippen LogP contribution in [0.4, 0.5) is 32.3 Å². The summed E-state index contributed by atoms with van der Waals surface area (Å²) >= 11 is 0. The van der Waals surface area contributed by atoms with E-state index >= 15 is 13.2 Å². The normalized spacial score (nSPS) is 21.9. The van der Waals surface area contributed by atoms with Crippen molar-refractivity contribution < 1.29 is 39.9 Å². The van der Waals surface area contributed by atoms with Crippen molar-refractivity contribution in [2.45, 2.75) is 37.1 Å². The number of ether oxygens (including phenoxy) is 2. The molecule has 16 heteroatoms. The van der Waals surface area contributed by atoms with Gasteiger partial charge in [-0.1, -0.05) is 11.3 Å². The molecule has 2 fully saturated rings. The molecule has 0 amide bonds. The van der Waals surface area contributed by atoms with Crippen LogP contribution in [0, 0.1) is 5.82 Å². The maximum Gasteiger partial charge on any atom is 0.408 e. The fourth-order valence-electron chi connectivity index (χ4n) is 4.88. The first kappa shape index (κ1) is 22.2. The second-order valence-corrected chi connectivity index (χ2v) is 9.46. The molecular formula is C23H22F6N8O2. The Morgan fingerprint density at radius 3 is 2.79 bits per heavy atom. The van der Waals surface area contributed by atoms with Gasteiger partial charge in [0.2, 0.25) is 11.8 Å². The number of fused-ring (bicyclic) bond motifs is 2. The van der Waals surface area contributed by atoms with Gasteiger partial charge in [-0.15, -0.1) is 10.2 Å². The molecule has 2 aliphatic heterocycles. The standard InChI is InChI=1S/C23H22F6N8O2/c1-38-20-19-18(12-2-3-15-16(6-12)37(34-32-15)11-23(27,28)29)14(24)7-36(19)33-21(31-20)30-17-4-5-35(10-22(17,25)26)13-8-39-9-13/h2-3,6-7,13,17H,4-5,8-11H2,1H3,(H,30,33)/i1D3. The number of benzene rings is 1. The summed E-state index contributed by atoms with van der Waals surface area (Å²) in [5, 5.41) is 13.8. The molecular weight excluding hydrogens is 534 g/mol. The summed E-state index contributed by atoms with van der Waals surface area (Å²) in [5.41, 5.74) is -0.515. The summed E-state index contributed by atoms with van der Waals surface area (Å²) < 4.78 is 119. The highest BCUT2D eigenvalue weighted by atomic mass is 19.4. The van der Waals surface area contributed by atoms with Gasteiger partial charge in [-0.3, -0.25) is 4.90 Å². The third-order valence-electron chi connectivity index (χ3n) is 6.85. The predicted octanol–water partition coefficient (Wildman–Crippen LogP) is 3.37. The van der Waals surface area contributed by atoms with Crippen LogP contribution < -0.4 is 10.1 Å². The van der Waals surface area contributed by atoms with Crippen LogP contribution >= 0.6 is 0 Å². The zero-order chi connectivity index (χ0) is 30.0. The van der Waals surface area contributed by atoms with Crippen LogP contribution in [0.25, 0.3) is 27.7 Å². The minimum absolute atomic E-state index is 0.00526. The SMILES string of the molecule is [2H]C([2H])([2H])Oc1nc(NC2CCN(C3COC3)CC2(F)F)nn2cc(F)c(-c3ccc4nnn(CC(F)(F)F)c4c3)c12. The Bertz CT molecular complexity index is 1640. The molecule has 208 valence electrons. The number of nitrogens with one attached hydrogen (secondary N) is 1. The van der Waals surface area contributed by atoms with E-state index in [0.717, 1.165) is 10.7 Å². The number of piperidine rings is 1. The molecule has 3 aromatic heterocycles. The van der Waals surface area contributed by atoms with Gasteiger partial charge >= 0.3 is 6.18 Å². The molecule has 2 aliphatic rings. The second kappa shape index (κ2) is 9.22. The third-order valence-corrected chi connectivity index (χ3v) is 6.85. The van der Waals surface area contributed by atoms with Gasteiger partial charge in [0.25, 0.3) is 5.92 Å². The molecule has 0 bridgehead atoms. The first-order chi connectivity index (χ1) is 19.7. The molecule has 6 rings (SSSR count). The van der Waals surface area contributed by atoms with Crippen molar-refractivity contribution in [2.24, 2.45) is 0 Å². The van der Waals surface area contributed by atoms with Gasteiger partial charge in [0.1, 0.15) is 17.6 Å². The number of halogens is 6. The Morgan fingerprint density at radius 1 is 1.28 bits per heavy atom. The van der Waals surface area contributed by atoms with Crippen LogP contribution in [-0.2, 0) is 11.3 Å². The molecule has 39 heavy (non-hydrogen) atoms. The molecule has 5 heterocycles. The molecule has 0 radical (unpaired) electrons. The van der Waals surface area contributed by atoms with Crippen molar-refractivity contribution >= 4 is 22.5 Å². The van der Waals surface area contributed by atoms with E-state index in [1.165, 1.54) is 18.2 Å². The monoisotopic (exact) mass is 559 g/mol. The molecule has 10 nitrogen and oxygen atoms in total. The quantitative estimate of drug-likeness (QED) is 0.360. The van der Waals surface area contributed by atoms with E-state index in [4.69, 9.17) is 13.6 Å². The van der Waals surface area contributed by atoms with Crippen LogP contribution in [0.3, 0.4) is 0 Å². The third kappa shape index (κ3) is 4.71. The van der Waals surface area contributed by atoms with E-state index in [0.29, 0.717) is 24.4 Å². The summed E-state index contributed by atoms with van der Waals surface area (Å²) in [5.74, 6) is -5.25. The van der Waals surface area contributed by atoms with Crippen molar-refractivity contribution in [1.82, 2.24) is 34.5 Å². The van der Waals surface area contributed by atoms with Gasteiger partial charge in [0.15, 0.2) is 5.82 Å². The number of likely N-dealkylation sites (tertiary alicyclic amines) is 1. The number of alkyl halides is 5. The average Bonchev–Trinajstić information content (AvgIpc) is 3.37. The van der Waals surface area contributed by atoms with Crippen LogP contribution in [0.15, 0.2) is 24.4 Å². The van der Waals surface area contributed by atoms with Crippen LogP contribution in [0.2, 0.25) is 0 Å². The topological polar surface area (TPSA) is 94.6 Å². The van der Waals surface area contributed by atoms with E-state index in [2.05, 4.69) is 25.7 Å². The van der Waals surface area contributed by atoms with Crippen molar-refractivity contribution in [2.75, 3.05) is 38.7 Å². The lowest BCUT2D eigenvalue weighted by atomic mass is 9.98. The molecule has 1 N–H and O–H groups in total. The lowest BCUT2D eigenvalue weighted by Crippen LogP contribution is -2.61. The maximum absolute atomic E-state index is 15.4. The van der Waals surface area contributed by atoms with Crippen molar-refractivity contribution in [3.8, 4) is 17.0 Å². The molecule has 0 saturated carbocycles. The Hall–Kier alpha value is -3.66. The fraction of sp³-hybridized carbons (Fsp3) is 0.478.